The van der Waals surface area contributed by atoms with Crippen molar-refractivity contribution in [3.05, 3.63) is 71.8 Å². The van der Waals surface area contributed by atoms with Crippen molar-refractivity contribution in [2.24, 2.45) is 0 Å². The molecule has 0 saturated carbocycles. The molecule has 0 aromatic heterocycles. The van der Waals surface area contributed by atoms with Gasteiger partial charge in [0.25, 0.3) is 5.91 Å². The fraction of sp³-hybridized carbons (Fsp3) is 0.0667. The SMILES string of the molecule is O=C1NC(=O)C(c2ccccc2)(c2ccccc2)N1.[NaH]. The van der Waals surface area contributed by atoms with Crippen LogP contribution in [-0.4, -0.2) is 41.5 Å². The summed E-state index contributed by atoms with van der Waals surface area (Å²) in [5, 5.41) is 5.07. The number of carbonyl (C=O) groups excluding carboxylic acids is 2. The molecule has 0 bridgehead atoms. The number of carbonyl (C=O) groups is 2. The maximum atomic E-state index is 12.3. The van der Waals surface area contributed by atoms with Crippen molar-refractivity contribution in [2.45, 2.75) is 5.54 Å². The van der Waals surface area contributed by atoms with Gasteiger partial charge in [-0.15, -0.1) is 0 Å². The van der Waals surface area contributed by atoms with Gasteiger partial charge >= 0.3 is 35.6 Å². The van der Waals surface area contributed by atoms with Gasteiger partial charge in [-0.05, 0) is 11.1 Å². The molecule has 5 heteroatoms. The van der Waals surface area contributed by atoms with Gasteiger partial charge in [0.05, 0.1) is 0 Å². The molecule has 1 fully saturated rings. The Hall–Kier alpha value is -1.62. The molecule has 4 nitrogen and oxygen atoms in total. The van der Waals surface area contributed by atoms with Crippen molar-refractivity contribution in [1.29, 1.82) is 0 Å². The minimum absolute atomic E-state index is 0. The zero-order valence-electron chi connectivity index (χ0n) is 10.1. The monoisotopic (exact) mass is 276 g/mol. The molecule has 1 aliphatic rings. The molecule has 96 valence electrons. The average Bonchev–Trinajstić information content (AvgIpc) is 2.76. The second-order valence-electron chi connectivity index (χ2n) is 4.39. The number of benzene rings is 2. The Kier molecular flexibility index (Phi) is 4.28. The van der Waals surface area contributed by atoms with Crippen molar-refractivity contribution < 1.29 is 9.59 Å². The third-order valence-corrected chi connectivity index (χ3v) is 3.28. The molecule has 3 amide bonds. The van der Waals surface area contributed by atoms with Crippen LogP contribution in [-0.2, 0) is 10.3 Å². The first-order valence-corrected chi connectivity index (χ1v) is 5.98. The van der Waals surface area contributed by atoms with Crippen LogP contribution in [0.4, 0.5) is 4.79 Å². The van der Waals surface area contributed by atoms with E-state index < -0.39 is 11.6 Å². The van der Waals surface area contributed by atoms with Gasteiger partial charge < -0.3 is 5.32 Å². The third kappa shape index (κ3) is 2.26. The van der Waals surface area contributed by atoms with Gasteiger partial charge in [-0.1, -0.05) is 60.7 Å². The van der Waals surface area contributed by atoms with E-state index in [9.17, 15) is 9.59 Å². The van der Waals surface area contributed by atoms with Gasteiger partial charge in [0.2, 0.25) is 0 Å². The van der Waals surface area contributed by atoms with Crippen LogP contribution < -0.4 is 10.6 Å². The molecule has 2 aromatic carbocycles. The van der Waals surface area contributed by atoms with Crippen LogP contribution in [0.5, 0.6) is 0 Å². The Labute approximate surface area is 138 Å². The van der Waals surface area contributed by atoms with Crippen LogP contribution in [0.3, 0.4) is 0 Å². The van der Waals surface area contributed by atoms with Crippen LogP contribution in [0.15, 0.2) is 60.7 Å². The number of rotatable bonds is 2. The summed E-state index contributed by atoms with van der Waals surface area (Å²) in [6.07, 6.45) is 0. The average molecular weight is 276 g/mol. The van der Waals surface area contributed by atoms with E-state index in [0.717, 1.165) is 11.1 Å². The van der Waals surface area contributed by atoms with E-state index in [1.165, 1.54) is 0 Å². The zero-order valence-corrected chi connectivity index (χ0v) is 10.1. The summed E-state index contributed by atoms with van der Waals surface area (Å²) in [5.41, 5.74) is 0.341. The van der Waals surface area contributed by atoms with E-state index in [2.05, 4.69) is 10.6 Å². The molecule has 1 heterocycles. The number of hydrogen-bond acceptors (Lipinski definition) is 2. The fourth-order valence-electron chi connectivity index (χ4n) is 2.40. The van der Waals surface area contributed by atoms with Crippen LogP contribution >= 0.6 is 0 Å². The second kappa shape index (κ2) is 5.79. The summed E-state index contributed by atoms with van der Waals surface area (Å²) in [5.74, 6) is -0.352. The van der Waals surface area contributed by atoms with Gasteiger partial charge in [-0.2, -0.15) is 0 Å². The van der Waals surface area contributed by atoms with Crippen LogP contribution in [0.25, 0.3) is 0 Å². The van der Waals surface area contributed by atoms with E-state index in [1.54, 1.807) is 0 Å². The number of urea groups is 1. The second-order valence-corrected chi connectivity index (χ2v) is 4.39. The molecule has 1 saturated heterocycles. The number of imide groups is 1. The molecule has 2 aromatic rings. The Morgan fingerprint density at radius 2 is 1.20 bits per heavy atom. The number of hydrogen-bond donors (Lipinski definition) is 2. The molecule has 0 spiro atoms. The Morgan fingerprint density at radius 1 is 0.750 bits per heavy atom. The molecule has 3 rings (SSSR count). The molecule has 0 atom stereocenters. The summed E-state index contributed by atoms with van der Waals surface area (Å²) in [6, 6.07) is 18.0. The van der Waals surface area contributed by atoms with Crippen molar-refractivity contribution in [2.75, 3.05) is 0 Å². The zero-order chi connectivity index (χ0) is 13.3. The summed E-state index contributed by atoms with van der Waals surface area (Å²) < 4.78 is 0. The Bertz CT molecular complexity index is 589. The van der Waals surface area contributed by atoms with E-state index >= 15 is 0 Å². The molecular weight excluding hydrogens is 263 g/mol. The van der Waals surface area contributed by atoms with Gasteiger partial charge in [-0.3, -0.25) is 10.1 Å². The first kappa shape index (κ1) is 14.8. The molecule has 0 radical (unpaired) electrons. The molecule has 0 unspecified atom stereocenters. The topological polar surface area (TPSA) is 58.2 Å². The number of nitrogens with one attached hydrogen (secondary N) is 2. The van der Waals surface area contributed by atoms with Gasteiger partial charge in [0.1, 0.15) is 0 Å². The summed E-state index contributed by atoms with van der Waals surface area (Å²) in [4.78, 5) is 23.9. The first-order chi connectivity index (χ1) is 9.23. The molecule has 1 aliphatic heterocycles. The number of amides is 3. The van der Waals surface area contributed by atoms with Crippen LogP contribution in [0, 0.1) is 0 Å². The first-order valence-electron chi connectivity index (χ1n) is 5.98. The molecular formula is C15H13N2NaO2. The summed E-state index contributed by atoms with van der Waals surface area (Å²) in [6.45, 7) is 0. The third-order valence-electron chi connectivity index (χ3n) is 3.28. The maximum absolute atomic E-state index is 12.3. The normalized spacial score (nSPS) is 16.0. The van der Waals surface area contributed by atoms with Gasteiger partial charge in [0.15, 0.2) is 5.54 Å². The van der Waals surface area contributed by atoms with Gasteiger partial charge in [-0.25, -0.2) is 4.79 Å². The standard InChI is InChI=1S/C15H12N2O2.Na.H/c18-13-15(17-14(19)16-13,11-7-3-1-4-8-11)12-9-5-2-6-10-12;;/h1-10H,(H2,16,17,18,19);;. The summed E-state index contributed by atoms with van der Waals surface area (Å²) >= 11 is 0. The van der Waals surface area contributed by atoms with Crippen molar-refractivity contribution in [1.82, 2.24) is 10.6 Å². The molecule has 0 aliphatic carbocycles. The fourth-order valence-corrected chi connectivity index (χ4v) is 2.40. The van der Waals surface area contributed by atoms with E-state index in [0.29, 0.717) is 0 Å². The van der Waals surface area contributed by atoms with Gasteiger partial charge in [0, 0.05) is 0 Å². The Morgan fingerprint density at radius 3 is 1.55 bits per heavy atom. The van der Waals surface area contributed by atoms with Crippen LogP contribution in [0.1, 0.15) is 11.1 Å². The van der Waals surface area contributed by atoms with E-state index in [4.69, 9.17) is 0 Å². The molecule has 20 heavy (non-hydrogen) atoms. The quantitative estimate of drug-likeness (QED) is 0.638. The predicted molar refractivity (Wildman–Crippen MR) is 77.5 cm³/mol. The van der Waals surface area contributed by atoms with E-state index in [1.807, 2.05) is 60.7 Å². The Balaban J connectivity index is 0.00000147. The van der Waals surface area contributed by atoms with Crippen molar-refractivity contribution in [3.63, 3.8) is 0 Å². The van der Waals surface area contributed by atoms with Crippen LogP contribution in [0.2, 0.25) is 0 Å². The molecule has 2 N–H and O–H groups in total. The predicted octanol–water partition coefficient (Wildman–Crippen LogP) is 1.12. The van der Waals surface area contributed by atoms with Crippen molar-refractivity contribution in [3.8, 4) is 0 Å². The summed E-state index contributed by atoms with van der Waals surface area (Å²) in [7, 11) is 0. The minimum atomic E-state index is -1.14. The van der Waals surface area contributed by atoms with Crippen molar-refractivity contribution >= 4 is 41.5 Å². The van der Waals surface area contributed by atoms with E-state index in [-0.39, 0.29) is 35.5 Å².